The highest BCUT2D eigenvalue weighted by atomic mass is 35.5. The molecule has 2 N–H and O–H groups in total. The highest BCUT2D eigenvalue weighted by molar-refractivity contribution is 7.89. The van der Waals surface area contributed by atoms with Crippen LogP contribution in [0.15, 0.2) is 59.5 Å². The van der Waals surface area contributed by atoms with Crippen molar-refractivity contribution in [3.63, 3.8) is 0 Å². The van der Waals surface area contributed by atoms with Gasteiger partial charge in [0.1, 0.15) is 5.82 Å². The van der Waals surface area contributed by atoms with Gasteiger partial charge in [0.05, 0.1) is 16.3 Å². The molecular formula is C21H23ClN4O3S. The Morgan fingerprint density at radius 2 is 1.73 bits per heavy atom. The van der Waals surface area contributed by atoms with Crippen LogP contribution in [0.2, 0.25) is 5.02 Å². The predicted octanol–water partition coefficient (Wildman–Crippen LogP) is 4.16. The zero-order valence-electron chi connectivity index (χ0n) is 17.1. The number of carbonyl (C=O) groups excluding carboxylic acids is 1. The van der Waals surface area contributed by atoms with Crippen molar-refractivity contribution in [3.05, 3.63) is 70.9 Å². The third-order valence-corrected chi connectivity index (χ3v) is 6.00. The summed E-state index contributed by atoms with van der Waals surface area (Å²) in [4.78, 5) is 12.8. The molecule has 2 aromatic carbocycles. The molecule has 0 bridgehead atoms. The second-order valence-corrected chi connectivity index (χ2v) is 10.0. The molecule has 1 heterocycles. The van der Waals surface area contributed by atoms with Crippen LogP contribution in [-0.4, -0.2) is 29.6 Å². The van der Waals surface area contributed by atoms with Crippen molar-refractivity contribution in [1.29, 1.82) is 0 Å². The van der Waals surface area contributed by atoms with Crippen LogP contribution in [0.25, 0.3) is 5.69 Å². The fourth-order valence-corrected chi connectivity index (χ4v) is 4.43. The molecule has 158 valence electrons. The van der Waals surface area contributed by atoms with Crippen LogP contribution in [0.5, 0.6) is 0 Å². The third-order valence-electron chi connectivity index (χ3n) is 3.99. The number of rotatable bonds is 5. The van der Waals surface area contributed by atoms with Gasteiger partial charge in [0.2, 0.25) is 10.0 Å². The molecule has 0 fully saturated rings. The maximum absolute atomic E-state index is 12.7. The number of anilines is 1. The lowest BCUT2D eigenvalue weighted by Gasteiger charge is -2.20. The minimum Gasteiger partial charge on any atom is -0.306 e. The summed E-state index contributed by atoms with van der Waals surface area (Å²) in [5, 5.41) is 7.77. The molecule has 0 aliphatic rings. The van der Waals surface area contributed by atoms with Gasteiger partial charge in [-0.2, -0.15) is 5.10 Å². The third kappa shape index (κ3) is 5.27. The summed E-state index contributed by atoms with van der Waals surface area (Å²) in [7, 11) is -3.67. The van der Waals surface area contributed by atoms with Gasteiger partial charge >= 0.3 is 0 Å². The van der Waals surface area contributed by atoms with Crippen LogP contribution < -0.4 is 10.0 Å². The Hall–Kier alpha value is -2.68. The molecule has 0 saturated carbocycles. The lowest BCUT2D eigenvalue weighted by molar-refractivity contribution is 0.102. The van der Waals surface area contributed by atoms with Gasteiger partial charge in [-0.3, -0.25) is 4.79 Å². The molecule has 0 atom stereocenters. The minimum absolute atomic E-state index is 0.0915. The van der Waals surface area contributed by atoms with Gasteiger partial charge in [0.15, 0.2) is 0 Å². The quantitative estimate of drug-likeness (QED) is 0.615. The van der Waals surface area contributed by atoms with E-state index in [1.165, 1.54) is 24.3 Å². The first-order chi connectivity index (χ1) is 13.9. The van der Waals surface area contributed by atoms with Crippen molar-refractivity contribution in [1.82, 2.24) is 14.5 Å². The summed E-state index contributed by atoms with van der Waals surface area (Å²) in [5.74, 6) is 0.0942. The number of aryl methyl sites for hydroxylation is 1. The van der Waals surface area contributed by atoms with Gasteiger partial charge in [-0.05, 0) is 70.2 Å². The molecule has 1 aromatic heterocycles. The number of aromatic nitrogens is 2. The molecule has 0 spiro atoms. The van der Waals surface area contributed by atoms with Gasteiger partial charge < -0.3 is 5.32 Å². The Morgan fingerprint density at radius 1 is 1.07 bits per heavy atom. The standard InChI is InChI=1S/C21H23ClN4O3S/c1-14-12-19(26(24-14)17-7-5-6-16(22)13-17)23-20(27)15-8-10-18(11-9-15)30(28,29)25-21(2,3)4/h5-13,25H,1-4H3,(H,23,27). The maximum Gasteiger partial charge on any atom is 0.256 e. The minimum atomic E-state index is -3.67. The average Bonchev–Trinajstić information content (AvgIpc) is 3.00. The number of hydrogen-bond donors (Lipinski definition) is 2. The highest BCUT2D eigenvalue weighted by Crippen LogP contribution is 2.21. The fourth-order valence-electron chi connectivity index (χ4n) is 2.83. The SMILES string of the molecule is Cc1cc(NC(=O)c2ccc(S(=O)(=O)NC(C)(C)C)cc2)n(-c2cccc(Cl)c2)n1. The Balaban J connectivity index is 1.83. The summed E-state index contributed by atoms with van der Waals surface area (Å²) in [6.07, 6.45) is 0. The van der Waals surface area contributed by atoms with Crippen LogP contribution in [0.3, 0.4) is 0 Å². The van der Waals surface area contributed by atoms with E-state index in [-0.39, 0.29) is 10.8 Å². The summed E-state index contributed by atoms with van der Waals surface area (Å²) in [6, 6.07) is 14.6. The van der Waals surface area contributed by atoms with E-state index in [4.69, 9.17) is 11.6 Å². The molecule has 0 aliphatic heterocycles. The number of benzene rings is 2. The van der Waals surface area contributed by atoms with Crippen LogP contribution in [0.1, 0.15) is 36.8 Å². The van der Waals surface area contributed by atoms with E-state index in [0.29, 0.717) is 22.1 Å². The Bertz CT molecular complexity index is 1180. The normalized spacial score (nSPS) is 12.0. The zero-order chi connectivity index (χ0) is 22.1. The van der Waals surface area contributed by atoms with Crippen molar-refractivity contribution >= 4 is 33.3 Å². The van der Waals surface area contributed by atoms with E-state index >= 15 is 0 Å². The van der Waals surface area contributed by atoms with Gasteiger partial charge in [-0.1, -0.05) is 17.7 Å². The largest absolute Gasteiger partial charge is 0.306 e. The van der Waals surface area contributed by atoms with Crippen LogP contribution >= 0.6 is 11.6 Å². The summed E-state index contributed by atoms with van der Waals surface area (Å²) >= 11 is 6.06. The van der Waals surface area contributed by atoms with Crippen molar-refractivity contribution in [2.24, 2.45) is 0 Å². The smallest absolute Gasteiger partial charge is 0.256 e. The Kier molecular flexibility index (Phi) is 6.03. The number of halogens is 1. The highest BCUT2D eigenvalue weighted by Gasteiger charge is 2.22. The van der Waals surface area contributed by atoms with E-state index < -0.39 is 15.6 Å². The molecule has 7 nitrogen and oxygen atoms in total. The second-order valence-electron chi connectivity index (χ2n) is 7.90. The average molecular weight is 447 g/mol. The number of nitrogens with one attached hydrogen (secondary N) is 2. The van der Waals surface area contributed by atoms with Crippen LogP contribution in [0, 0.1) is 6.92 Å². The molecule has 3 aromatic rings. The zero-order valence-corrected chi connectivity index (χ0v) is 18.7. The summed E-state index contributed by atoms with van der Waals surface area (Å²) in [5.41, 5.74) is 1.15. The van der Waals surface area contributed by atoms with Crippen molar-refractivity contribution in [2.75, 3.05) is 5.32 Å². The molecule has 0 radical (unpaired) electrons. The van der Waals surface area contributed by atoms with E-state index in [9.17, 15) is 13.2 Å². The Labute approximate surface area is 181 Å². The number of sulfonamides is 1. The van der Waals surface area contributed by atoms with E-state index in [1.807, 2.05) is 13.0 Å². The van der Waals surface area contributed by atoms with E-state index in [0.717, 1.165) is 5.69 Å². The van der Waals surface area contributed by atoms with Gasteiger partial charge in [0, 0.05) is 22.2 Å². The van der Waals surface area contributed by atoms with Gasteiger partial charge in [0.25, 0.3) is 5.91 Å². The molecule has 0 saturated heterocycles. The number of hydrogen-bond acceptors (Lipinski definition) is 4. The van der Waals surface area contributed by atoms with Gasteiger partial charge in [-0.15, -0.1) is 0 Å². The van der Waals surface area contributed by atoms with Crippen LogP contribution in [-0.2, 0) is 10.0 Å². The van der Waals surface area contributed by atoms with Crippen molar-refractivity contribution in [3.8, 4) is 5.69 Å². The molecule has 1 amide bonds. The first kappa shape index (κ1) is 22.0. The number of carbonyl (C=O) groups is 1. The van der Waals surface area contributed by atoms with Gasteiger partial charge in [-0.25, -0.2) is 17.8 Å². The monoisotopic (exact) mass is 446 g/mol. The Morgan fingerprint density at radius 3 is 2.33 bits per heavy atom. The van der Waals surface area contributed by atoms with Crippen molar-refractivity contribution < 1.29 is 13.2 Å². The topological polar surface area (TPSA) is 93.1 Å². The second kappa shape index (κ2) is 8.22. The lowest BCUT2D eigenvalue weighted by Crippen LogP contribution is -2.40. The first-order valence-electron chi connectivity index (χ1n) is 9.23. The lowest BCUT2D eigenvalue weighted by atomic mass is 10.1. The molecule has 0 unspecified atom stereocenters. The molecular weight excluding hydrogens is 424 g/mol. The number of nitrogens with zero attached hydrogens (tertiary/aromatic N) is 2. The van der Waals surface area contributed by atoms with E-state index in [2.05, 4.69) is 15.1 Å². The molecule has 30 heavy (non-hydrogen) atoms. The maximum atomic E-state index is 12.7. The predicted molar refractivity (Wildman–Crippen MR) is 118 cm³/mol. The molecule has 3 rings (SSSR count). The van der Waals surface area contributed by atoms with Crippen molar-refractivity contribution in [2.45, 2.75) is 38.1 Å². The van der Waals surface area contributed by atoms with Crippen LogP contribution in [0.4, 0.5) is 5.82 Å². The van der Waals surface area contributed by atoms with E-state index in [1.54, 1.807) is 49.7 Å². The molecule has 9 heteroatoms. The summed E-state index contributed by atoms with van der Waals surface area (Å²) in [6.45, 7) is 7.10. The summed E-state index contributed by atoms with van der Waals surface area (Å²) < 4.78 is 29.0. The first-order valence-corrected chi connectivity index (χ1v) is 11.1. The molecule has 0 aliphatic carbocycles. The number of amides is 1. The fraction of sp³-hybridized carbons (Fsp3) is 0.238.